The minimum absolute atomic E-state index is 0.00327. The number of piperidine rings is 1. The lowest BCUT2D eigenvalue weighted by molar-refractivity contribution is -0.139. The van der Waals surface area contributed by atoms with Crippen LogP contribution < -0.4 is 5.32 Å². The number of aliphatic carboxylic acids is 1. The number of nitrogens with one attached hydrogen (secondary N) is 1. The molecule has 1 rings (SSSR count). The maximum Gasteiger partial charge on any atom is 0.327 e. The van der Waals surface area contributed by atoms with Crippen LogP contribution in [0.5, 0.6) is 0 Å². The number of nitrogens with zero attached hydrogens (tertiary/aromatic N) is 1. The smallest absolute Gasteiger partial charge is 0.327 e. The molecule has 0 aromatic heterocycles. The summed E-state index contributed by atoms with van der Waals surface area (Å²) in [6.45, 7) is 2.64. The lowest BCUT2D eigenvalue weighted by Crippen LogP contribution is -2.52. The van der Waals surface area contributed by atoms with Gasteiger partial charge in [0, 0.05) is 19.0 Å². The Bertz CT molecular complexity index is 335. The Kier molecular flexibility index (Phi) is 4.83. The number of amides is 2. The van der Waals surface area contributed by atoms with Crippen molar-refractivity contribution >= 4 is 12.0 Å². The summed E-state index contributed by atoms with van der Waals surface area (Å²) in [6.07, 6.45) is 8.10. The molecule has 2 atom stereocenters. The molecule has 1 aliphatic rings. The molecule has 2 amide bonds. The van der Waals surface area contributed by atoms with Crippen molar-refractivity contribution in [2.24, 2.45) is 0 Å². The quantitative estimate of drug-likeness (QED) is 0.722. The minimum Gasteiger partial charge on any atom is -0.480 e. The number of terminal acetylenes is 1. The molecule has 0 spiro atoms. The molecule has 5 heteroatoms. The monoisotopic (exact) mass is 238 g/mol. The van der Waals surface area contributed by atoms with Crippen molar-refractivity contribution in [2.45, 2.75) is 44.7 Å². The molecule has 0 saturated carbocycles. The number of urea groups is 1. The molecule has 0 aromatic carbocycles. The van der Waals surface area contributed by atoms with E-state index < -0.39 is 12.0 Å². The van der Waals surface area contributed by atoms with Crippen LogP contribution in [-0.2, 0) is 4.79 Å². The zero-order valence-corrected chi connectivity index (χ0v) is 9.98. The molecule has 2 unspecified atom stereocenters. The van der Waals surface area contributed by atoms with Gasteiger partial charge in [-0.1, -0.05) is 0 Å². The van der Waals surface area contributed by atoms with Gasteiger partial charge in [-0.2, -0.15) is 0 Å². The van der Waals surface area contributed by atoms with E-state index >= 15 is 0 Å². The van der Waals surface area contributed by atoms with Gasteiger partial charge in [-0.05, 0) is 26.2 Å². The molecular weight excluding hydrogens is 220 g/mol. The van der Waals surface area contributed by atoms with Gasteiger partial charge in [0.1, 0.15) is 6.04 Å². The molecule has 5 nitrogen and oxygen atoms in total. The Hall–Kier alpha value is -1.70. The first-order chi connectivity index (χ1) is 8.06. The van der Waals surface area contributed by atoms with Crippen LogP contribution in [0.4, 0.5) is 4.79 Å². The normalized spacial score (nSPS) is 21.4. The highest BCUT2D eigenvalue weighted by molar-refractivity contribution is 5.83. The number of carbonyl (C=O) groups is 2. The molecule has 0 aromatic rings. The van der Waals surface area contributed by atoms with Crippen molar-refractivity contribution in [3.05, 3.63) is 0 Å². The maximum absolute atomic E-state index is 11.9. The van der Waals surface area contributed by atoms with Crippen LogP contribution in [0, 0.1) is 12.3 Å². The van der Waals surface area contributed by atoms with Crippen LogP contribution in [0.3, 0.4) is 0 Å². The average Bonchev–Trinajstić information content (AvgIpc) is 2.28. The zero-order chi connectivity index (χ0) is 12.8. The second kappa shape index (κ2) is 6.14. The van der Waals surface area contributed by atoms with E-state index in [1.54, 1.807) is 4.90 Å². The second-order valence-electron chi connectivity index (χ2n) is 4.29. The molecule has 0 aliphatic carbocycles. The molecule has 1 fully saturated rings. The average molecular weight is 238 g/mol. The molecular formula is C12H18N2O3. The fourth-order valence-electron chi connectivity index (χ4n) is 1.95. The summed E-state index contributed by atoms with van der Waals surface area (Å²) in [5.74, 6) is 1.16. The summed E-state index contributed by atoms with van der Waals surface area (Å²) in [5.41, 5.74) is 0. The molecule has 2 N–H and O–H groups in total. The van der Waals surface area contributed by atoms with Gasteiger partial charge in [0.15, 0.2) is 0 Å². The fourth-order valence-corrected chi connectivity index (χ4v) is 1.95. The number of rotatable bonds is 3. The van der Waals surface area contributed by atoms with Gasteiger partial charge in [0.2, 0.25) is 0 Å². The Morgan fingerprint density at radius 2 is 2.29 bits per heavy atom. The van der Waals surface area contributed by atoms with E-state index in [2.05, 4.69) is 11.2 Å². The molecule has 94 valence electrons. The van der Waals surface area contributed by atoms with Crippen LogP contribution in [0.2, 0.25) is 0 Å². The summed E-state index contributed by atoms with van der Waals surface area (Å²) >= 11 is 0. The van der Waals surface area contributed by atoms with Gasteiger partial charge in [-0.25, -0.2) is 9.59 Å². The van der Waals surface area contributed by atoms with Crippen molar-refractivity contribution in [1.29, 1.82) is 0 Å². The van der Waals surface area contributed by atoms with E-state index in [9.17, 15) is 9.59 Å². The molecule has 1 aliphatic heterocycles. The standard InChI is InChI=1S/C12H18N2O3/c1-3-6-10(11(15)16)13-12(17)14-8-5-4-7-9(14)2/h1,9-10H,4-8H2,2H3,(H,13,17)(H,15,16). The van der Waals surface area contributed by atoms with Crippen molar-refractivity contribution < 1.29 is 14.7 Å². The Morgan fingerprint density at radius 3 is 2.82 bits per heavy atom. The first kappa shape index (κ1) is 13.4. The topological polar surface area (TPSA) is 69.6 Å². The summed E-state index contributed by atoms with van der Waals surface area (Å²) in [5, 5.41) is 11.4. The molecule has 0 radical (unpaired) electrons. The van der Waals surface area contributed by atoms with E-state index in [-0.39, 0.29) is 18.5 Å². The number of likely N-dealkylation sites (tertiary alicyclic amines) is 1. The number of hydrogen-bond donors (Lipinski definition) is 2. The Labute approximate surface area is 101 Å². The van der Waals surface area contributed by atoms with E-state index in [0.29, 0.717) is 6.54 Å². The second-order valence-corrected chi connectivity index (χ2v) is 4.29. The first-order valence-electron chi connectivity index (χ1n) is 5.79. The number of carboxylic acids is 1. The Morgan fingerprint density at radius 1 is 1.59 bits per heavy atom. The predicted octanol–water partition coefficient (Wildman–Crippen LogP) is 1.05. The minimum atomic E-state index is -1.10. The lowest BCUT2D eigenvalue weighted by atomic mass is 10.0. The van der Waals surface area contributed by atoms with Gasteiger partial charge < -0.3 is 15.3 Å². The summed E-state index contributed by atoms with van der Waals surface area (Å²) in [4.78, 5) is 24.4. The molecule has 1 saturated heterocycles. The Balaban J connectivity index is 2.57. The third-order valence-electron chi connectivity index (χ3n) is 2.98. The third-order valence-corrected chi connectivity index (χ3v) is 2.98. The molecule has 17 heavy (non-hydrogen) atoms. The van der Waals surface area contributed by atoms with Gasteiger partial charge in [0.05, 0.1) is 0 Å². The van der Waals surface area contributed by atoms with Crippen LogP contribution in [0.15, 0.2) is 0 Å². The third kappa shape index (κ3) is 3.66. The van der Waals surface area contributed by atoms with Gasteiger partial charge >= 0.3 is 12.0 Å². The van der Waals surface area contributed by atoms with Crippen LogP contribution in [0.25, 0.3) is 0 Å². The molecule has 0 bridgehead atoms. The summed E-state index contributed by atoms with van der Waals surface area (Å²) in [7, 11) is 0. The maximum atomic E-state index is 11.9. The van der Waals surface area contributed by atoms with E-state index in [4.69, 9.17) is 11.5 Å². The highest BCUT2D eigenvalue weighted by Crippen LogP contribution is 2.16. The van der Waals surface area contributed by atoms with Crippen molar-refractivity contribution in [1.82, 2.24) is 10.2 Å². The van der Waals surface area contributed by atoms with E-state index in [1.165, 1.54) is 0 Å². The largest absolute Gasteiger partial charge is 0.480 e. The van der Waals surface area contributed by atoms with E-state index in [1.807, 2.05) is 6.92 Å². The molecule has 1 heterocycles. The highest BCUT2D eigenvalue weighted by atomic mass is 16.4. The zero-order valence-electron chi connectivity index (χ0n) is 9.98. The number of carbonyl (C=O) groups excluding carboxylic acids is 1. The fraction of sp³-hybridized carbons (Fsp3) is 0.667. The number of hydrogen-bond acceptors (Lipinski definition) is 2. The first-order valence-corrected chi connectivity index (χ1v) is 5.79. The van der Waals surface area contributed by atoms with Crippen molar-refractivity contribution in [2.75, 3.05) is 6.54 Å². The van der Waals surface area contributed by atoms with Crippen molar-refractivity contribution in [3.8, 4) is 12.3 Å². The van der Waals surface area contributed by atoms with Crippen LogP contribution >= 0.6 is 0 Å². The number of carboxylic acid groups (broad SMARTS) is 1. The van der Waals surface area contributed by atoms with Gasteiger partial charge in [-0.15, -0.1) is 12.3 Å². The highest BCUT2D eigenvalue weighted by Gasteiger charge is 2.26. The van der Waals surface area contributed by atoms with Gasteiger partial charge in [0.25, 0.3) is 0 Å². The SMILES string of the molecule is C#CCC(NC(=O)N1CCCCC1C)C(=O)O. The van der Waals surface area contributed by atoms with Crippen molar-refractivity contribution in [3.63, 3.8) is 0 Å². The lowest BCUT2D eigenvalue weighted by Gasteiger charge is -2.34. The van der Waals surface area contributed by atoms with Crippen LogP contribution in [0.1, 0.15) is 32.6 Å². The predicted molar refractivity (Wildman–Crippen MR) is 63.4 cm³/mol. The summed E-state index contributed by atoms with van der Waals surface area (Å²) in [6, 6.07) is -1.18. The summed E-state index contributed by atoms with van der Waals surface area (Å²) < 4.78 is 0. The van der Waals surface area contributed by atoms with E-state index in [0.717, 1.165) is 19.3 Å². The van der Waals surface area contributed by atoms with Gasteiger partial charge in [-0.3, -0.25) is 0 Å². The van der Waals surface area contributed by atoms with Crippen LogP contribution in [-0.4, -0.2) is 40.6 Å².